The molecule has 3 nitrogen and oxygen atoms in total. The third kappa shape index (κ3) is 8.12. The average molecular weight is 676 g/mol. The Morgan fingerprint density at radius 3 is 1.85 bits per heavy atom. The lowest BCUT2D eigenvalue weighted by Gasteiger charge is -2.13. The molecule has 0 bridgehead atoms. The van der Waals surface area contributed by atoms with Gasteiger partial charge in [0.1, 0.15) is 5.84 Å². The molecule has 7 aromatic carbocycles. The number of hydrogen-bond acceptors (Lipinski definition) is 2. The molecule has 0 heterocycles. The van der Waals surface area contributed by atoms with E-state index in [0.717, 1.165) is 33.5 Å². The predicted octanol–water partition coefficient (Wildman–Crippen LogP) is 12.4. The molecule has 256 valence electrons. The Kier molecular flexibility index (Phi) is 11.2. The van der Waals surface area contributed by atoms with Gasteiger partial charge in [0.15, 0.2) is 0 Å². The van der Waals surface area contributed by atoms with Gasteiger partial charge in [-0.1, -0.05) is 159 Å². The SMILES string of the molecule is C/C=C\C=C(/N)c1ccc(-c2cc(C(=N)N)cc(-c3cccc4cc5ccccc5cc34)c2)cc1.C1=C(c2ccccc2)C1c1ccccc1.CC. The van der Waals surface area contributed by atoms with Gasteiger partial charge < -0.3 is 11.5 Å². The van der Waals surface area contributed by atoms with Crippen LogP contribution in [0.3, 0.4) is 0 Å². The van der Waals surface area contributed by atoms with Crippen molar-refractivity contribution in [2.45, 2.75) is 26.7 Å². The maximum absolute atomic E-state index is 8.13. The van der Waals surface area contributed by atoms with E-state index in [1.807, 2.05) is 63.3 Å². The van der Waals surface area contributed by atoms with E-state index in [4.69, 9.17) is 16.9 Å². The van der Waals surface area contributed by atoms with Crippen molar-refractivity contribution in [3.05, 3.63) is 204 Å². The number of fused-ring (bicyclic) bond motifs is 2. The molecule has 0 fully saturated rings. The van der Waals surface area contributed by atoms with Crippen molar-refractivity contribution in [3.63, 3.8) is 0 Å². The Morgan fingerprint density at radius 1 is 0.558 bits per heavy atom. The molecule has 0 amide bonds. The van der Waals surface area contributed by atoms with Gasteiger partial charge in [0.2, 0.25) is 0 Å². The van der Waals surface area contributed by atoms with Gasteiger partial charge >= 0.3 is 0 Å². The van der Waals surface area contributed by atoms with Crippen LogP contribution in [0.4, 0.5) is 0 Å². The van der Waals surface area contributed by atoms with Crippen molar-refractivity contribution < 1.29 is 0 Å². The lowest BCUT2D eigenvalue weighted by Crippen LogP contribution is -2.11. The summed E-state index contributed by atoms with van der Waals surface area (Å²) >= 11 is 0. The number of rotatable bonds is 7. The van der Waals surface area contributed by atoms with Gasteiger partial charge in [-0.2, -0.15) is 0 Å². The van der Waals surface area contributed by atoms with Crippen LogP contribution in [0.5, 0.6) is 0 Å². The molecule has 0 saturated heterocycles. The molecular weight excluding hydrogens is 631 g/mol. The summed E-state index contributed by atoms with van der Waals surface area (Å²) in [5.74, 6) is 0.600. The Hall–Kier alpha value is -6.45. The molecule has 1 unspecified atom stereocenters. The molecule has 1 atom stereocenters. The molecule has 5 N–H and O–H groups in total. The highest BCUT2D eigenvalue weighted by molar-refractivity contribution is 6.06. The summed E-state index contributed by atoms with van der Waals surface area (Å²) in [7, 11) is 0. The van der Waals surface area contributed by atoms with Crippen LogP contribution in [-0.4, -0.2) is 5.84 Å². The fraction of sp³-hybridized carbons (Fsp3) is 0.0816. The fourth-order valence-electron chi connectivity index (χ4n) is 6.45. The molecule has 0 saturated carbocycles. The predicted molar refractivity (Wildman–Crippen MR) is 225 cm³/mol. The summed E-state index contributed by atoms with van der Waals surface area (Å²) in [5, 5.41) is 12.9. The first-order valence-corrected chi connectivity index (χ1v) is 17.9. The van der Waals surface area contributed by atoms with Crippen LogP contribution < -0.4 is 11.5 Å². The summed E-state index contributed by atoms with van der Waals surface area (Å²) in [6.07, 6.45) is 8.10. The summed E-state index contributed by atoms with van der Waals surface area (Å²) in [6, 6.07) is 54.8. The molecule has 8 rings (SSSR count). The molecule has 7 aromatic rings. The molecular formula is C49H45N3. The zero-order valence-electron chi connectivity index (χ0n) is 30.1. The molecule has 3 heteroatoms. The highest BCUT2D eigenvalue weighted by Crippen LogP contribution is 2.46. The van der Waals surface area contributed by atoms with E-state index in [1.54, 1.807) is 0 Å². The van der Waals surface area contributed by atoms with Gasteiger partial charge in [0.05, 0.1) is 0 Å². The Balaban J connectivity index is 0.000000226. The van der Waals surface area contributed by atoms with Crippen LogP contribution in [0, 0.1) is 5.41 Å². The van der Waals surface area contributed by atoms with E-state index in [-0.39, 0.29) is 5.84 Å². The number of nitrogens with one attached hydrogen (secondary N) is 1. The minimum atomic E-state index is 0.0499. The van der Waals surface area contributed by atoms with Gasteiger partial charge in [-0.3, -0.25) is 5.41 Å². The minimum absolute atomic E-state index is 0.0499. The van der Waals surface area contributed by atoms with Crippen LogP contribution >= 0.6 is 0 Å². The van der Waals surface area contributed by atoms with Crippen molar-refractivity contribution >= 4 is 38.7 Å². The number of benzene rings is 7. The second-order valence-corrected chi connectivity index (χ2v) is 12.5. The van der Waals surface area contributed by atoms with Crippen molar-refractivity contribution in [2.75, 3.05) is 0 Å². The number of hydrogen-bond donors (Lipinski definition) is 3. The second kappa shape index (κ2) is 16.5. The largest absolute Gasteiger partial charge is 0.398 e. The van der Waals surface area contributed by atoms with Crippen LogP contribution in [0.15, 0.2) is 182 Å². The lowest BCUT2D eigenvalue weighted by molar-refractivity contribution is 1.24. The number of nitrogens with two attached hydrogens (primary N) is 2. The molecule has 52 heavy (non-hydrogen) atoms. The average Bonchev–Trinajstić information content (AvgIpc) is 4.02. The topological polar surface area (TPSA) is 75.9 Å². The first-order chi connectivity index (χ1) is 25.5. The number of allylic oxidation sites excluding steroid dienone is 5. The Morgan fingerprint density at radius 2 is 1.17 bits per heavy atom. The molecule has 1 aliphatic carbocycles. The zero-order chi connectivity index (χ0) is 36.5. The van der Waals surface area contributed by atoms with Crippen molar-refractivity contribution in [2.24, 2.45) is 11.5 Å². The molecule has 0 radical (unpaired) electrons. The Bertz CT molecular complexity index is 2400. The standard InChI is InChI=1S/C32H27N3.C15H12.C2H6/c1-2-3-11-31(33)22-14-12-21(13-15-22)26-17-27(19-28(18-26)32(34)35)29-10-6-9-25-16-23-7-4-5-8-24(23)20-30(25)29;1-3-7-12(8-4-1)14-11-15(14)13-9-5-2-6-10-13;1-2/h2-20H,33H2,1H3,(H3,34,35);1-11,14H;1-2H3/b3-2-,31-11-;;. The highest BCUT2D eigenvalue weighted by Gasteiger charge is 2.26. The lowest BCUT2D eigenvalue weighted by atomic mass is 9.91. The van der Waals surface area contributed by atoms with Crippen molar-refractivity contribution in [1.82, 2.24) is 0 Å². The second-order valence-electron chi connectivity index (χ2n) is 12.5. The van der Waals surface area contributed by atoms with E-state index in [1.165, 1.54) is 38.2 Å². The summed E-state index contributed by atoms with van der Waals surface area (Å²) < 4.78 is 0. The summed E-state index contributed by atoms with van der Waals surface area (Å²) in [5.41, 5.74) is 23.0. The quantitative estimate of drug-likeness (QED) is 0.0680. The monoisotopic (exact) mass is 675 g/mol. The fourth-order valence-corrected chi connectivity index (χ4v) is 6.45. The summed E-state index contributed by atoms with van der Waals surface area (Å²) in [6.45, 7) is 5.96. The van der Waals surface area contributed by atoms with E-state index in [0.29, 0.717) is 11.5 Å². The Labute approximate surface area is 307 Å². The number of nitrogen functional groups attached to an aromatic ring is 1. The van der Waals surface area contributed by atoms with Crippen molar-refractivity contribution in [1.29, 1.82) is 5.41 Å². The molecule has 0 aliphatic heterocycles. The zero-order valence-corrected chi connectivity index (χ0v) is 30.1. The third-order valence-corrected chi connectivity index (χ3v) is 9.16. The first-order valence-electron chi connectivity index (χ1n) is 17.9. The van der Waals surface area contributed by atoms with Crippen LogP contribution in [0.2, 0.25) is 0 Å². The van der Waals surface area contributed by atoms with Gasteiger partial charge in [0.25, 0.3) is 0 Å². The van der Waals surface area contributed by atoms with Crippen LogP contribution in [0.1, 0.15) is 48.9 Å². The number of amidine groups is 1. The van der Waals surface area contributed by atoms with Crippen molar-refractivity contribution in [3.8, 4) is 22.3 Å². The summed E-state index contributed by atoms with van der Waals surface area (Å²) in [4.78, 5) is 0. The van der Waals surface area contributed by atoms with Gasteiger partial charge in [-0.15, -0.1) is 0 Å². The van der Waals surface area contributed by atoms with E-state index in [2.05, 4.69) is 140 Å². The smallest absolute Gasteiger partial charge is 0.122 e. The van der Waals surface area contributed by atoms with Gasteiger partial charge in [0, 0.05) is 17.2 Å². The maximum Gasteiger partial charge on any atom is 0.122 e. The minimum Gasteiger partial charge on any atom is -0.398 e. The van der Waals surface area contributed by atoms with Crippen LogP contribution in [-0.2, 0) is 0 Å². The molecule has 1 aliphatic rings. The molecule has 0 spiro atoms. The van der Waals surface area contributed by atoms with Crippen LogP contribution in [0.25, 0.3) is 55.1 Å². The third-order valence-electron chi connectivity index (χ3n) is 9.16. The van der Waals surface area contributed by atoms with E-state index >= 15 is 0 Å². The first kappa shape index (κ1) is 35.4. The highest BCUT2D eigenvalue weighted by atomic mass is 14.7. The molecule has 0 aromatic heterocycles. The van der Waals surface area contributed by atoms with E-state index < -0.39 is 0 Å². The van der Waals surface area contributed by atoms with Gasteiger partial charge in [-0.05, 0) is 109 Å². The normalized spacial score (nSPS) is 13.5. The maximum atomic E-state index is 8.13. The van der Waals surface area contributed by atoms with E-state index in [9.17, 15) is 0 Å². The van der Waals surface area contributed by atoms with Gasteiger partial charge in [-0.25, -0.2) is 0 Å².